The van der Waals surface area contributed by atoms with E-state index >= 15 is 0 Å². The van der Waals surface area contributed by atoms with Gasteiger partial charge in [-0.3, -0.25) is 0 Å². The van der Waals surface area contributed by atoms with Crippen LogP contribution in [-0.4, -0.2) is 0 Å². The average molecular weight is 395 g/mol. The summed E-state index contributed by atoms with van der Waals surface area (Å²) in [7, 11) is 0. The van der Waals surface area contributed by atoms with E-state index in [-0.39, 0.29) is 0 Å². The van der Waals surface area contributed by atoms with Gasteiger partial charge in [0, 0.05) is 0 Å². The maximum Gasteiger partial charge on any atom is -0.0162 e. The molecule has 0 saturated heterocycles. The first-order valence-electron chi connectivity index (χ1n) is 13.1. The molecule has 0 aliphatic heterocycles. The molecule has 2 aliphatic rings. The Morgan fingerprint density at radius 3 is 2.03 bits per heavy atom. The van der Waals surface area contributed by atoms with Crippen molar-refractivity contribution in [3.05, 3.63) is 41.5 Å². The highest BCUT2D eigenvalue weighted by molar-refractivity contribution is 5.66. The van der Waals surface area contributed by atoms with E-state index < -0.39 is 0 Å². The Morgan fingerprint density at radius 1 is 0.724 bits per heavy atom. The van der Waals surface area contributed by atoms with Crippen molar-refractivity contribution in [3.63, 3.8) is 0 Å². The van der Waals surface area contributed by atoms with E-state index in [1.165, 1.54) is 108 Å². The van der Waals surface area contributed by atoms with Crippen LogP contribution in [0.25, 0.3) is 5.57 Å². The Morgan fingerprint density at radius 2 is 1.41 bits per heavy atom. The van der Waals surface area contributed by atoms with E-state index in [1.807, 2.05) is 0 Å². The summed E-state index contributed by atoms with van der Waals surface area (Å²) >= 11 is 0. The first kappa shape index (κ1) is 22.6. The second-order valence-electron chi connectivity index (χ2n) is 10.0. The molecule has 0 heteroatoms. The third-order valence-electron chi connectivity index (χ3n) is 7.91. The first-order valence-corrected chi connectivity index (χ1v) is 13.1. The zero-order valence-electron chi connectivity index (χ0n) is 19.4. The summed E-state index contributed by atoms with van der Waals surface area (Å²) in [5.41, 5.74) is 4.68. The predicted octanol–water partition coefficient (Wildman–Crippen LogP) is 9.69. The lowest BCUT2D eigenvalue weighted by Crippen LogP contribution is -2.13. The maximum atomic E-state index is 2.52. The molecular formula is C29H46. The van der Waals surface area contributed by atoms with Crippen molar-refractivity contribution in [2.45, 2.75) is 122 Å². The number of benzene rings is 1. The van der Waals surface area contributed by atoms with Gasteiger partial charge < -0.3 is 0 Å². The van der Waals surface area contributed by atoms with Gasteiger partial charge in [0.2, 0.25) is 0 Å². The fourth-order valence-electron chi connectivity index (χ4n) is 5.67. The molecule has 0 amide bonds. The Labute approximate surface area is 181 Å². The highest BCUT2D eigenvalue weighted by Gasteiger charge is 2.22. The van der Waals surface area contributed by atoms with E-state index in [0.717, 1.165) is 17.8 Å². The lowest BCUT2D eigenvalue weighted by atomic mass is 9.76. The summed E-state index contributed by atoms with van der Waals surface area (Å²) in [4.78, 5) is 0. The van der Waals surface area contributed by atoms with Crippen molar-refractivity contribution in [2.75, 3.05) is 0 Å². The smallest absolute Gasteiger partial charge is 0.0162 e. The van der Waals surface area contributed by atoms with Gasteiger partial charge in [-0.1, -0.05) is 102 Å². The number of hydrogen-bond donors (Lipinski definition) is 0. The fourth-order valence-corrected chi connectivity index (χ4v) is 5.67. The van der Waals surface area contributed by atoms with Gasteiger partial charge in [-0.25, -0.2) is 0 Å². The van der Waals surface area contributed by atoms with E-state index in [1.54, 1.807) is 11.1 Å². The highest BCUT2D eigenvalue weighted by Crippen LogP contribution is 2.38. The molecule has 0 N–H and O–H groups in total. The van der Waals surface area contributed by atoms with Crippen LogP contribution < -0.4 is 0 Å². The quantitative estimate of drug-likeness (QED) is 0.328. The molecular weight excluding hydrogens is 348 g/mol. The van der Waals surface area contributed by atoms with Crippen LogP contribution in [0.5, 0.6) is 0 Å². The second-order valence-corrected chi connectivity index (χ2v) is 10.0. The molecule has 1 saturated carbocycles. The second kappa shape index (κ2) is 12.6. The van der Waals surface area contributed by atoms with Crippen molar-refractivity contribution in [2.24, 2.45) is 11.8 Å². The van der Waals surface area contributed by atoms with Gasteiger partial charge in [0.05, 0.1) is 0 Å². The van der Waals surface area contributed by atoms with E-state index in [9.17, 15) is 0 Å². The molecule has 0 aromatic heterocycles. The maximum absolute atomic E-state index is 2.52. The molecule has 1 unspecified atom stereocenters. The summed E-state index contributed by atoms with van der Waals surface area (Å²) in [6, 6.07) is 9.73. The van der Waals surface area contributed by atoms with Crippen molar-refractivity contribution >= 4 is 5.57 Å². The largest absolute Gasteiger partial charge is 0.0804 e. The number of unbranched alkanes of at least 4 members (excludes halogenated alkanes) is 6. The number of rotatable bonds is 11. The summed E-state index contributed by atoms with van der Waals surface area (Å²) in [6.07, 6.45) is 25.2. The van der Waals surface area contributed by atoms with Crippen LogP contribution in [0.1, 0.15) is 134 Å². The van der Waals surface area contributed by atoms with Crippen LogP contribution in [0, 0.1) is 11.8 Å². The molecule has 0 radical (unpaired) electrons. The molecule has 1 aromatic carbocycles. The van der Waals surface area contributed by atoms with Crippen LogP contribution >= 0.6 is 0 Å². The third kappa shape index (κ3) is 7.30. The van der Waals surface area contributed by atoms with Crippen LogP contribution in [0.3, 0.4) is 0 Å². The van der Waals surface area contributed by atoms with Crippen LogP contribution in [-0.2, 0) is 0 Å². The van der Waals surface area contributed by atoms with Crippen molar-refractivity contribution < 1.29 is 0 Å². The lowest BCUT2D eigenvalue weighted by Gasteiger charge is -2.29. The topological polar surface area (TPSA) is 0 Å². The van der Waals surface area contributed by atoms with E-state index in [0.29, 0.717) is 0 Å². The molecule has 0 bridgehead atoms. The SMILES string of the molecule is CCCCCCCCC[C@H]1CC[C@H](c2ccc(C3=CCC(CC)CC3)cc2)CC1. The minimum atomic E-state index is 0.819. The molecule has 3 rings (SSSR count). The highest BCUT2D eigenvalue weighted by atomic mass is 14.3. The zero-order valence-corrected chi connectivity index (χ0v) is 19.4. The van der Waals surface area contributed by atoms with Crippen molar-refractivity contribution in [3.8, 4) is 0 Å². The molecule has 0 nitrogen and oxygen atoms in total. The molecule has 1 aromatic rings. The van der Waals surface area contributed by atoms with Crippen LogP contribution in [0.4, 0.5) is 0 Å². The first-order chi connectivity index (χ1) is 14.3. The number of hydrogen-bond acceptors (Lipinski definition) is 0. The van der Waals surface area contributed by atoms with Gasteiger partial charge in [0.25, 0.3) is 0 Å². The van der Waals surface area contributed by atoms with Gasteiger partial charge >= 0.3 is 0 Å². The average Bonchev–Trinajstić information content (AvgIpc) is 2.79. The van der Waals surface area contributed by atoms with Crippen LogP contribution in [0.2, 0.25) is 0 Å². The summed E-state index contributed by atoms with van der Waals surface area (Å²) < 4.78 is 0. The number of allylic oxidation sites excluding steroid dienone is 2. The van der Waals surface area contributed by atoms with E-state index in [4.69, 9.17) is 0 Å². The summed E-state index contributed by atoms with van der Waals surface area (Å²) in [5, 5.41) is 0. The predicted molar refractivity (Wildman–Crippen MR) is 129 cm³/mol. The zero-order chi connectivity index (χ0) is 20.3. The van der Waals surface area contributed by atoms with Gasteiger partial charge in [-0.15, -0.1) is 0 Å². The minimum absolute atomic E-state index is 0.819. The third-order valence-corrected chi connectivity index (χ3v) is 7.91. The molecule has 162 valence electrons. The minimum Gasteiger partial charge on any atom is -0.0804 e. The van der Waals surface area contributed by atoms with Crippen molar-refractivity contribution in [1.82, 2.24) is 0 Å². The Balaban J connectivity index is 1.36. The Hall–Kier alpha value is -1.04. The lowest BCUT2D eigenvalue weighted by molar-refractivity contribution is 0.302. The summed E-state index contributed by atoms with van der Waals surface area (Å²) in [5.74, 6) is 2.76. The monoisotopic (exact) mass is 394 g/mol. The molecule has 0 heterocycles. The molecule has 2 aliphatic carbocycles. The Kier molecular flexibility index (Phi) is 9.84. The van der Waals surface area contributed by atoms with Gasteiger partial charge in [0.1, 0.15) is 0 Å². The van der Waals surface area contributed by atoms with Gasteiger partial charge in [0.15, 0.2) is 0 Å². The van der Waals surface area contributed by atoms with Crippen molar-refractivity contribution in [1.29, 1.82) is 0 Å². The molecule has 0 spiro atoms. The Bertz CT molecular complexity index is 585. The van der Waals surface area contributed by atoms with Gasteiger partial charge in [-0.05, 0) is 79.4 Å². The summed E-state index contributed by atoms with van der Waals surface area (Å²) in [6.45, 7) is 4.64. The molecule has 29 heavy (non-hydrogen) atoms. The van der Waals surface area contributed by atoms with Gasteiger partial charge in [-0.2, -0.15) is 0 Å². The van der Waals surface area contributed by atoms with Crippen LogP contribution in [0.15, 0.2) is 30.3 Å². The molecule has 1 fully saturated rings. The molecule has 1 atom stereocenters. The normalized spacial score (nSPS) is 25.0. The fraction of sp³-hybridized carbons (Fsp3) is 0.724. The van der Waals surface area contributed by atoms with E-state index in [2.05, 4.69) is 44.2 Å². The standard InChI is InChI=1S/C29H46/c1-3-5-6-7-8-9-10-11-25-14-18-27(19-15-25)29-22-20-28(21-23-29)26-16-12-24(4-2)13-17-26/h16,20-25,27H,3-15,17-19H2,1-2H3/t24?,25-,27-.